The maximum absolute atomic E-state index is 8.98. The minimum absolute atomic E-state index is 0.0557. The van der Waals surface area contributed by atoms with Crippen LogP contribution in [0.4, 0.5) is 0 Å². The summed E-state index contributed by atoms with van der Waals surface area (Å²) >= 11 is 0. The number of aliphatic hydroxyl groups is 2. The van der Waals surface area contributed by atoms with Gasteiger partial charge in [-0.05, 0) is 31.5 Å². The summed E-state index contributed by atoms with van der Waals surface area (Å²) in [4.78, 5) is 4.56. The number of aliphatic hydroxyl groups excluding tert-OH is 2. The van der Waals surface area contributed by atoms with Crippen molar-refractivity contribution in [3.8, 4) is 5.75 Å². The molecule has 0 aliphatic heterocycles. The Kier molecular flexibility index (Phi) is 7.99. The van der Waals surface area contributed by atoms with Gasteiger partial charge in [0.2, 0.25) is 0 Å². The number of hydrogen-bond acceptors (Lipinski definition) is 7. The predicted octanol–water partition coefficient (Wildman–Crippen LogP) is 1.47. The van der Waals surface area contributed by atoms with Crippen LogP contribution in [0, 0.1) is 0 Å². The lowest BCUT2D eigenvalue weighted by molar-refractivity contribution is 0.0297. The molecule has 0 radical (unpaired) electrons. The molecule has 0 saturated carbocycles. The van der Waals surface area contributed by atoms with E-state index in [0.717, 1.165) is 11.3 Å². The smallest absolute Gasteiger partial charge is 0.179 e. The topological polar surface area (TPSA) is 98.9 Å². The van der Waals surface area contributed by atoms with E-state index in [1.807, 2.05) is 38.1 Å². The normalized spacial score (nSPS) is 13.6. The van der Waals surface area contributed by atoms with Crippen LogP contribution >= 0.6 is 0 Å². The molecular formula is C18H27N3O5. The van der Waals surface area contributed by atoms with Crippen LogP contribution in [0.25, 0.3) is 0 Å². The molecule has 0 aliphatic carbocycles. The minimum Gasteiger partial charge on any atom is -0.497 e. The Morgan fingerprint density at radius 1 is 1.00 bits per heavy atom. The van der Waals surface area contributed by atoms with Crippen molar-refractivity contribution < 1.29 is 24.4 Å². The van der Waals surface area contributed by atoms with E-state index in [1.54, 1.807) is 11.8 Å². The SMILES string of the molecule is COc1ccc(Cn2nc([C@H](C)OCCO)nc2[C@H](C)OCCO)cc1. The molecule has 0 spiro atoms. The summed E-state index contributed by atoms with van der Waals surface area (Å²) in [7, 11) is 1.63. The molecule has 8 nitrogen and oxygen atoms in total. The summed E-state index contributed by atoms with van der Waals surface area (Å²) in [5, 5.41) is 22.5. The fourth-order valence-corrected chi connectivity index (χ4v) is 2.47. The van der Waals surface area contributed by atoms with Crippen LogP contribution in [0.15, 0.2) is 24.3 Å². The van der Waals surface area contributed by atoms with Gasteiger partial charge in [-0.25, -0.2) is 9.67 Å². The van der Waals surface area contributed by atoms with Gasteiger partial charge in [0.05, 0.1) is 40.1 Å². The molecule has 0 aliphatic rings. The molecule has 8 heteroatoms. The molecule has 1 aromatic carbocycles. The summed E-state index contributed by atoms with van der Waals surface area (Å²) in [5.41, 5.74) is 1.04. The summed E-state index contributed by atoms with van der Waals surface area (Å²) in [6, 6.07) is 7.72. The molecule has 144 valence electrons. The maximum Gasteiger partial charge on any atom is 0.179 e. The standard InChI is InChI=1S/C18H27N3O5/c1-13(25-10-8-22)17-19-18(14(2)26-11-9-23)21(20-17)12-15-4-6-16(24-3)7-5-15/h4-7,13-14,22-23H,8-12H2,1-3H3/t13-,14-/m0/s1. The molecule has 1 heterocycles. The largest absolute Gasteiger partial charge is 0.497 e. The van der Waals surface area contributed by atoms with E-state index in [-0.39, 0.29) is 38.6 Å². The first-order valence-electron chi connectivity index (χ1n) is 8.61. The highest BCUT2D eigenvalue weighted by atomic mass is 16.5. The number of aromatic nitrogens is 3. The van der Waals surface area contributed by atoms with Gasteiger partial charge in [-0.3, -0.25) is 0 Å². The van der Waals surface area contributed by atoms with Crippen LogP contribution < -0.4 is 4.74 Å². The average Bonchev–Trinajstić information content (AvgIpc) is 3.08. The van der Waals surface area contributed by atoms with E-state index >= 15 is 0 Å². The van der Waals surface area contributed by atoms with Crippen molar-refractivity contribution >= 4 is 0 Å². The van der Waals surface area contributed by atoms with Crippen LogP contribution in [-0.4, -0.2) is 58.5 Å². The van der Waals surface area contributed by atoms with Gasteiger partial charge in [-0.1, -0.05) is 12.1 Å². The van der Waals surface area contributed by atoms with Crippen LogP contribution in [0.2, 0.25) is 0 Å². The summed E-state index contributed by atoms with van der Waals surface area (Å²) < 4.78 is 18.1. The number of ether oxygens (including phenoxy) is 3. The number of rotatable bonds is 11. The second-order valence-electron chi connectivity index (χ2n) is 5.81. The minimum atomic E-state index is -0.344. The van der Waals surface area contributed by atoms with Gasteiger partial charge in [-0.15, -0.1) is 0 Å². The fourth-order valence-electron chi connectivity index (χ4n) is 2.47. The third-order valence-corrected chi connectivity index (χ3v) is 3.85. The summed E-state index contributed by atoms with van der Waals surface area (Å²) in [6.07, 6.45) is -0.672. The van der Waals surface area contributed by atoms with Gasteiger partial charge in [-0.2, -0.15) is 5.10 Å². The number of methoxy groups -OCH3 is 1. The monoisotopic (exact) mass is 365 g/mol. The van der Waals surface area contributed by atoms with Gasteiger partial charge in [0.15, 0.2) is 11.6 Å². The Labute approximate surface area is 153 Å². The van der Waals surface area contributed by atoms with Crippen molar-refractivity contribution in [3.05, 3.63) is 41.5 Å². The first kappa shape index (κ1) is 20.3. The van der Waals surface area contributed by atoms with Crippen LogP contribution in [0.1, 0.15) is 43.3 Å². The summed E-state index contributed by atoms with van der Waals surface area (Å²) in [6.45, 7) is 4.56. The molecule has 0 unspecified atom stereocenters. The zero-order chi connectivity index (χ0) is 18.9. The molecule has 2 N–H and O–H groups in total. The van der Waals surface area contributed by atoms with E-state index < -0.39 is 0 Å². The highest BCUT2D eigenvalue weighted by Gasteiger charge is 2.20. The Morgan fingerprint density at radius 2 is 1.62 bits per heavy atom. The highest BCUT2D eigenvalue weighted by molar-refractivity contribution is 5.27. The van der Waals surface area contributed by atoms with Gasteiger partial charge in [0.1, 0.15) is 18.0 Å². The van der Waals surface area contributed by atoms with E-state index in [0.29, 0.717) is 18.2 Å². The van der Waals surface area contributed by atoms with Gasteiger partial charge in [0, 0.05) is 0 Å². The first-order valence-corrected chi connectivity index (χ1v) is 8.61. The van der Waals surface area contributed by atoms with Crippen molar-refractivity contribution in [1.29, 1.82) is 0 Å². The second kappa shape index (κ2) is 10.2. The van der Waals surface area contributed by atoms with Gasteiger partial charge < -0.3 is 24.4 Å². The quantitative estimate of drug-likeness (QED) is 0.622. The molecule has 0 fully saturated rings. The zero-order valence-electron chi connectivity index (χ0n) is 15.5. The van der Waals surface area contributed by atoms with Crippen LogP contribution in [0.5, 0.6) is 5.75 Å². The van der Waals surface area contributed by atoms with Crippen molar-refractivity contribution in [2.24, 2.45) is 0 Å². The molecule has 1 aromatic heterocycles. The molecule has 26 heavy (non-hydrogen) atoms. The fraction of sp³-hybridized carbons (Fsp3) is 0.556. The Morgan fingerprint density at radius 3 is 2.19 bits per heavy atom. The average molecular weight is 365 g/mol. The third-order valence-electron chi connectivity index (χ3n) is 3.85. The van der Waals surface area contributed by atoms with Gasteiger partial charge in [0.25, 0.3) is 0 Å². The predicted molar refractivity (Wildman–Crippen MR) is 95.0 cm³/mol. The lowest BCUT2D eigenvalue weighted by atomic mass is 10.2. The Bertz CT molecular complexity index is 659. The number of nitrogens with zero attached hydrogens (tertiary/aromatic N) is 3. The maximum atomic E-state index is 8.98. The van der Waals surface area contributed by atoms with E-state index in [4.69, 9.17) is 24.4 Å². The van der Waals surface area contributed by atoms with E-state index in [2.05, 4.69) is 10.1 Å². The van der Waals surface area contributed by atoms with Gasteiger partial charge >= 0.3 is 0 Å². The van der Waals surface area contributed by atoms with Crippen LogP contribution in [-0.2, 0) is 16.0 Å². The van der Waals surface area contributed by atoms with Crippen molar-refractivity contribution in [2.45, 2.75) is 32.6 Å². The highest BCUT2D eigenvalue weighted by Crippen LogP contribution is 2.21. The van der Waals surface area contributed by atoms with Crippen molar-refractivity contribution in [3.63, 3.8) is 0 Å². The third kappa shape index (κ3) is 5.50. The lowest BCUT2D eigenvalue weighted by Gasteiger charge is -2.13. The zero-order valence-corrected chi connectivity index (χ0v) is 15.5. The molecule has 0 amide bonds. The van der Waals surface area contributed by atoms with Crippen LogP contribution in [0.3, 0.4) is 0 Å². The lowest BCUT2D eigenvalue weighted by Crippen LogP contribution is -2.13. The number of hydrogen-bond donors (Lipinski definition) is 2. The van der Waals surface area contributed by atoms with E-state index in [9.17, 15) is 0 Å². The molecular weight excluding hydrogens is 338 g/mol. The van der Waals surface area contributed by atoms with Crippen molar-refractivity contribution in [2.75, 3.05) is 33.5 Å². The molecule has 2 atom stereocenters. The first-order chi connectivity index (χ1) is 12.6. The Hall–Kier alpha value is -2.00. The Balaban J connectivity index is 2.23. The van der Waals surface area contributed by atoms with Crippen molar-refractivity contribution in [1.82, 2.24) is 14.8 Å². The van der Waals surface area contributed by atoms with E-state index in [1.165, 1.54) is 0 Å². The summed E-state index contributed by atoms with van der Waals surface area (Å²) in [5.74, 6) is 1.98. The second-order valence-corrected chi connectivity index (χ2v) is 5.81. The molecule has 2 aromatic rings. The molecule has 0 bridgehead atoms. The molecule has 2 rings (SSSR count). The number of benzene rings is 1. The molecule has 0 saturated heterocycles.